The number of ether oxygens (including phenoxy) is 1. The van der Waals surface area contributed by atoms with E-state index >= 15 is 0 Å². The predicted molar refractivity (Wildman–Crippen MR) is 144 cm³/mol. The van der Waals surface area contributed by atoms with Crippen LogP contribution in [0.5, 0.6) is 0 Å². The van der Waals surface area contributed by atoms with Gasteiger partial charge in [-0.2, -0.15) is 0 Å². The molecule has 2 aromatic heterocycles. The number of thiophene rings is 1. The summed E-state index contributed by atoms with van der Waals surface area (Å²) in [6.45, 7) is 0. The molecule has 0 atom stereocenters. The number of carbonyl (C=O) groups is 2. The molecule has 0 saturated carbocycles. The fraction of sp³-hybridized carbons (Fsp3) is 0.0870. The Balaban J connectivity index is 1.61. The number of hydrogen-bond acceptors (Lipinski definition) is 8. The van der Waals surface area contributed by atoms with Gasteiger partial charge in [-0.1, -0.05) is 23.2 Å². The number of anilines is 2. The Bertz CT molecular complexity index is 1680. The zero-order chi connectivity index (χ0) is 26.9. The maximum atomic E-state index is 13.2. The quantitative estimate of drug-likeness (QED) is 0.281. The molecule has 4 aromatic rings. The smallest absolute Gasteiger partial charge is 0.340 e. The number of benzene rings is 2. The maximum Gasteiger partial charge on any atom is 0.340 e. The number of nitrogens with one attached hydrogen (secondary N) is 3. The Hall–Kier alpha value is -3.58. The molecular formula is C23H18Cl2N4O6S2. The first-order valence-electron chi connectivity index (χ1n) is 10.4. The largest absolute Gasteiger partial charge is 0.465 e. The van der Waals surface area contributed by atoms with Gasteiger partial charge in [-0.25, -0.2) is 22.7 Å². The molecule has 0 radical (unpaired) electrons. The maximum absolute atomic E-state index is 13.2. The van der Waals surface area contributed by atoms with Gasteiger partial charge in [0, 0.05) is 41.1 Å². The summed E-state index contributed by atoms with van der Waals surface area (Å²) in [5.74, 6) is -0.614. The molecule has 0 aliphatic heterocycles. The first-order valence-corrected chi connectivity index (χ1v) is 13.4. The minimum absolute atomic E-state index is 0.0600. The molecule has 2 heterocycles. The normalized spacial score (nSPS) is 11.2. The van der Waals surface area contributed by atoms with Gasteiger partial charge in [-0.15, -0.1) is 11.3 Å². The molecule has 0 aliphatic rings. The monoisotopic (exact) mass is 580 g/mol. The summed E-state index contributed by atoms with van der Waals surface area (Å²) < 4.78 is 32.7. The van der Waals surface area contributed by atoms with Crippen molar-refractivity contribution in [1.29, 1.82) is 0 Å². The van der Waals surface area contributed by atoms with Crippen molar-refractivity contribution >= 4 is 78.7 Å². The second kappa shape index (κ2) is 10.4. The summed E-state index contributed by atoms with van der Waals surface area (Å²) in [6, 6.07) is 11.1. The van der Waals surface area contributed by atoms with Crippen LogP contribution in [0.3, 0.4) is 0 Å². The molecule has 10 nitrogen and oxygen atoms in total. The van der Waals surface area contributed by atoms with Gasteiger partial charge >= 0.3 is 12.0 Å². The van der Waals surface area contributed by atoms with Gasteiger partial charge in [0.25, 0.3) is 15.6 Å². The van der Waals surface area contributed by atoms with Crippen LogP contribution >= 0.6 is 34.5 Å². The zero-order valence-electron chi connectivity index (χ0n) is 19.2. The average molecular weight is 581 g/mol. The minimum Gasteiger partial charge on any atom is -0.465 e. The summed E-state index contributed by atoms with van der Waals surface area (Å²) in [5.41, 5.74) is 1.18. The zero-order valence-corrected chi connectivity index (χ0v) is 22.3. The number of hydrogen-bond donors (Lipinski definition) is 3. The van der Waals surface area contributed by atoms with Crippen molar-refractivity contribution in [3.05, 3.63) is 80.0 Å². The molecule has 192 valence electrons. The van der Waals surface area contributed by atoms with E-state index in [-0.39, 0.29) is 30.4 Å². The number of esters is 1. The van der Waals surface area contributed by atoms with Crippen LogP contribution in [-0.2, 0) is 14.8 Å². The van der Waals surface area contributed by atoms with Crippen LogP contribution < -0.4 is 20.9 Å². The van der Waals surface area contributed by atoms with E-state index in [2.05, 4.69) is 10.6 Å². The Morgan fingerprint density at radius 3 is 2.27 bits per heavy atom. The highest BCUT2D eigenvalue weighted by Gasteiger charge is 2.22. The molecule has 3 N–H and O–H groups in total. The van der Waals surface area contributed by atoms with Crippen molar-refractivity contribution in [2.24, 2.45) is 0 Å². The Morgan fingerprint density at radius 1 is 1.00 bits per heavy atom. The predicted octanol–water partition coefficient (Wildman–Crippen LogP) is 4.70. The van der Waals surface area contributed by atoms with Crippen LogP contribution in [0.4, 0.5) is 16.2 Å². The van der Waals surface area contributed by atoms with Crippen LogP contribution in [-0.4, -0.2) is 39.1 Å². The fourth-order valence-corrected chi connectivity index (χ4v) is 6.24. The number of nitrogens with zero attached hydrogens (tertiary/aromatic N) is 1. The number of aromatic nitrogens is 1. The van der Waals surface area contributed by atoms with E-state index in [1.807, 2.05) is 4.72 Å². The number of fused-ring (bicyclic) bond motifs is 1. The van der Waals surface area contributed by atoms with Gasteiger partial charge in [0.2, 0.25) is 0 Å². The van der Waals surface area contributed by atoms with E-state index in [9.17, 15) is 22.8 Å². The SMILES string of the molecule is CNc1ccc2c(=O)n(-c3ccc(NC(=O)NS(=O)(=O)c4cc(Cl)c(Cl)s4)cc3)cc(C(=O)OC)c2c1. The van der Waals surface area contributed by atoms with Gasteiger partial charge in [0.1, 0.15) is 8.55 Å². The molecule has 4 rings (SSSR count). The van der Waals surface area contributed by atoms with E-state index in [4.69, 9.17) is 27.9 Å². The lowest BCUT2D eigenvalue weighted by molar-refractivity contribution is 0.0602. The molecule has 37 heavy (non-hydrogen) atoms. The highest BCUT2D eigenvalue weighted by atomic mass is 35.5. The molecule has 0 aliphatic carbocycles. The standard InChI is InChI=1S/C23H18Cl2N4O6S2/c1-26-13-5-8-15-16(9-13)17(22(31)35-2)11-29(21(15)30)14-6-3-12(4-7-14)27-23(32)28-37(33,34)19-10-18(24)20(25)36-19/h3-11,26H,1-2H3,(H2,27,28,32). The lowest BCUT2D eigenvalue weighted by Crippen LogP contribution is -2.33. The molecular weight excluding hydrogens is 563 g/mol. The second-order valence-electron chi connectivity index (χ2n) is 7.51. The summed E-state index contributed by atoms with van der Waals surface area (Å²) in [7, 11) is -1.22. The molecule has 0 spiro atoms. The van der Waals surface area contributed by atoms with Crippen LogP contribution in [0.25, 0.3) is 16.5 Å². The average Bonchev–Trinajstić information content (AvgIpc) is 3.22. The van der Waals surface area contributed by atoms with Crippen molar-refractivity contribution in [2.75, 3.05) is 24.8 Å². The van der Waals surface area contributed by atoms with Crippen LogP contribution in [0.2, 0.25) is 9.36 Å². The molecule has 0 unspecified atom stereocenters. The molecule has 0 bridgehead atoms. The van der Waals surface area contributed by atoms with Crippen molar-refractivity contribution in [3.8, 4) is 5.69 Å². The van der Waals surface area contributed by atoms with E-state index in [0.717, 1.165) is 11.8 Å². The summed E-state index contributed by atoms with van der Waals surface area (Å²) in [4.78, 5) is 37.9. The van der Waals surface area contributed by atoms with Crippen molar-refractivity contribution < 1.29 is 22.7 Å². The van der Waals surface area contributed by atoms with E-state index in [1.165, 1.54) is 42.1 Å². The number of rotatable bonds is 6. The van der Waals surface area contributed by atoms with E-state index in [1.54, 1.807) is 25.2 Å². The number of amides is 2. The molecule has 2 aromatic carbocycles. The number of pyridine rings is 1. The fourth-order valence-electron chi connectivity index (χ4n) is 3.45. The van der Waals surface area contributed by atoms with Crippen LogP contribution in [0, 0.1) is 0 Å². The van der Waals surface area contributed by atoms with Gasteiger partial charge in [0.15, 0.2) is 0 Å². The second-order valence-corrected chi connectivity index (χ2v) is 11.5. The van der Waals surface area contributed by atoms with Crippen molar-refractivity contribution in [1.82, 2.24) is 9.29 Å². The summed E-state index contributed by atoms with van der Waals surface area (Å²) in [5, 5.41) is 6.18. The van der Waals surface area contributed by atoms with Crippen LogP contribution in [0.15, 0.2) is 63.7 Å². The van der Waals surface area contributed by atoms with Gasteiger partial charge in [-0.3, -0.25) is 9.36 Å². The molecule has 14 heteroatoms. The number of sulfonamides is 1. The third-order valence-electron chi connectivity index (χ3n) is 5.23. The minimum atomic E-state index is -4.19. The first kappa shape index (κ1) is 26.5. The number of halogens is 2. The molecule has 0 fully saturated rings. The third kappa shape index (κ3) is 5.42. The summed E-state index contributed by atoms with van der Waals surface area (Å²) >= 11 is 12.3. The van der Waals surface area contributed by atoms with Crippen molar-refractivity contribution in [3.63, 3.8) is 0 Å². The lowest BCUT2D eigenvalue weighted by atomic mass is 10.1. The molecule has 0 saturated heterocycles. The van der Waals surface area contributed by atoms with Gasteiger partial charge in [-0.05, 0) is 48.5 Å². The van der Waals surface area contributed by atoms with E-state index in [0.29, 0.717) is 27.8 Å². The summed E-state index contributed by atoms with van der Waals surface area (Å²) in [6.07, 6.45) is 1.38. The lowest BCUT2D eigenvalue weighted by Gasteiger charge is -2.13. The highest BCUT2D eigenvalue weighted by Crippen LogP contribution is 2.34. The van der Waals surface area contributed by atoms with E-state index < -0.39 is 22.0 Å². The first-order chi connectivity index (χ1) is 17.5. The number of urea groups is 1. The van der Waals surface area contributed by atoms with Crippen LogP contribution in [0.1, 0.15) is 10.4 Å². The highest BCUT2D eigenvalue weighted by molar-refractivity contribution is 7.92. The number of methoxy groups -OCH3 is 1. The van der Waals surface area contributed by atoms with Gasteiger partial charge < -0.3 is 15.4 Å². The molecule has 2 amide bonds. The van der Waals surface area contributed by atoms with Gasteiger partial charge in [0.05, 0.1) is 17.7 Å². The topological polar surface area (TPSA) is 136 Å². The Kier molecular flexibility index (Phi) is 7.46. The Labute approximate surface area is 224 Å². The number of carbonyl (C=O) groups excluding carboxylic acids is 2. The Morgan fingerprint density at radius 2 is 1.68 bits per heavy atom. The van der Waals surface area contributed by atoms with Crippen molar-refractivity contribution in [2.45, 2.75) is 4.21 Å². The third-order valence-corrected chi connectivity index (χ3v) is 8.90.